The topological polar surface area (TPSA) is 117 Å². The molecular weight excluding hydrogens is 472 g/mol. The third kappa shape index (κ3) is 3.80. The third-order valence-corrected chi connectivity index (χ3v) is 7.35. The molecule has 0 saturated carbocycles. The third-order valence-electron chi connectivity index (χ3n) is 6.45. The zero-order valence-electron chi connectivity index (χ0n) is 19.2. The Hall–Kier alpha value is -4.15. The number of pyridine rings is 3. The minimum Gasteiger partial charge on any atom is -0.489 e. The number of aromatic nitrogens is 7. The molecule has 36 heavy (non-hydrogen) atoms. The number of hydrogen-bond acceptors (Lipinski definition) is 8. The van der Waals surface area contributed by atoms with E-state index in [9.17, 15) is 0 Å². The lowest BCUT2D eigenvalue weighted by molar-refractivity contribution is 0.162. The monoisotopic (exact) mass is 494 g/mol. The van der Waals surface area contributed by atoms with Crippen LogP contribution in [0.3, 0.4) is 0 Å². The van der Waals surface area contributed by atoms with Crippen LogP contribution in [-0.4, -0.2) is 54.3 Å². The number of ether oxygens (including phenoxy) is 1. The van der Waals surface area contributed by atoms with Crippen molar-refractivity contribution in [1.29, 1.82) is 0 Å². The minimum absolute atomic E-state index is 0.208. The fraction of sp³-hybridized carbons (Fsp3) is 0.192. The SMILES string of the molecule is c1csc(-c2ccnc3nc(-c4n[nH]c5cnc(-c6cncc(OC7CCNCC7)c6)cc45)[nH]c23)c1. The summed E-state index contributed by atoms with van der Waals surface area (Å²) in [5.41, 5.74) is 5.87. The Morgan fingerprint density at radius 1 is 1.03 bits per heavy atom. The number of nitrogens with zero attached hydrogens (tertiary/aromatic N) is 5. The van der Waals surface area contributed by atoms with Gasteiger partial charge in [0.1, 0.15) is 17.5 Å². The molecule has 7 rings (SSSR count). The van der Waals surface area contributed by atoms with Gasteiger partial charge in [-0.3, -0.25) is 15.1 Å². The summed E-state index contributed by atoms with van der Waals surface area (Å²) in [4.78, 5) is 22.9. The van der Waals surface area contributed by atoms with Gasteiger partial charge in [0.2, 0.25) is 0 Å². The summed E-state index contributed by atoms with van der Waals surface area (Å²) in [5, 5.41) is 14.0. The van der Waals surface area contributed by atoms with E-state index in [1.165, 1.54) is 0 Å². The summed E-state index contributed by atoms with van der Waals surface area (Å²) in [6, 6.07) is 10.2. The first-order valence-corrected chi connectivity index (χ1v) is 12.8. The molecule has 7 heterocycles. The van der Waals surface area contributed by atoms with Crippen LogP contribution in [-0.2, 0) is 0 Å². The molecule has 6 aromatic heterocycles. The zero-order chi connectivity index (χ0) is 23.9. The molecule has 0 bridgehead atoms. The highest BCUT2D eigenvalue weighted by Crippen LogP contribution is 2.33. The van der Waals surface area contributed by atoms with Crippen molar-refractivity contribution in [3.63, 3.8) is 0 Å². The van der Waals surface area contributed by atoms with Crippen molar-refractivity contribution in [2.45, 2.75) is 18.9 Å². The summed E-state index contributed by atoms with van der Waals surface area (Å²) in [7, 11) is 0. The number of imidazole rings is 1. The number of thiophene rings is 1. The van der Waals surface area contributed by atoms with Gasteiger partial charge in [-0.2, -0.15) is 5.10 Å². The molecule has 0 aliphatic carbocycles. The molecule has 1 saturated heterocycles. The van der Waals surface area contributed by atoms with E-state index in [1.807, 2.05) is 30.5 Å². The number of rotatable bonds is 5. The highest BCUT2D eigenvalue weighted by molar-refractivity contribution is 7.13. The maximum absolute atomic E-state index is 6.19. The lowest BCUT2D eigenvalue weighted by Gasteiger charge is -2.23. The van der Waals surface area contributed by atoms with Crippen LogP contribution in [0, 0.1) is 0 Å². The van der Waals surface area contributed by atoms with Gasteiger partial charge in [0, 0.05) is 33.8 Å². The van der Waals surface area contributed by atoms with E-state index in [2.05, 4.69) is 46.9 Å². The molecule has 0 radical (unpaired) electrons. The Morgan fingerprint density at radius 3 is 2.86 bits per heavy atom. The Kier molecular flexibility index (Phi) is 5.18. The number of nitrogens with one attached hydrogen (secondary N) is 3. The first kappa shape index (κ1) is 21.2. The van der Waals surface area contributed by atoms with Crippen molar-refractivity contribution >= 4 is 33.4 Å². The van der Waals surface area contributed by atoms with Gasteiger partial charge in [-0.15, -0.1) is 11.3 Å². The fourth-order valence-corrected chi connectivity index (χ4v) is 5.40. The van der Waals surface area contributed by atoms with Crippen molar-refractivity contribution in [2.75, 3.05) is 13.1 Å². The molecule has 6 aromatic rings. The Morgan fingerprint density at radius 2 is 1.97 bits per heavy atom. The molecule has 0 atom stereocenters. The van der Waals surface area contributed by atoms with Crippen LogP contribution in [0.1, 0.15) is 12.8 Å². The van der Waals surface area contributed by atoms with Crippen LogP contribution in [0.15, 0.2) is 60.5 Å². The van der Waals surface area contributed by atoms with Gasteiger partial charge in [-0.05, 0) is 55.6 Å². The summed E-state index contributed by atoms with van der Waals surface area (Å²) in [6.45, 7) is 1.96. The maximum Gasteiger partial charge on any atom is 0.178 e. The van der Waals surface area contributed by atoms with Crippen molar-refractivity contribution in [3.05, 3.63) is 60.5 Å². The minimum atomic E-state index is 0.208. The second-order valence-corrected chi connectivity index (χ2v) is 9.73. The lowest BCUT2D eigenvalue weighted by atomic mass is 10.1. The van der Waals surface area contributed by atoms with E-state index < -0.39 is 0 Å². The number of piperidine rings is 1. The van der Waals surface area contributed by atoms with Crippen LogP contribution in [0.25, 0.3) is 55.3 Å². The van der Waals surface area contributed by atoms with Crippen LogP contribution in [0.5, 0.6) is 5.75 Å². The van der Waals surface area contributed by atoms with Crippen LogP contribution in [0.4, 0.5) is 0 Å². The summed E-state index contributed by atoms with van der Waals surface area (Å²) < 4.78 is 6.19. The number of H-pyrrole nitrogens is 2. The van der Waals surface area contributed by atoms with Gasteiger partial charge in [0.15, 0.2) is 11.5 Å². The molecule has 1 fully saturated rings. The largest absolute Gasteiger partial charge is 0.489 e. The maximum atomic E-state index is 6.19. The van der Waals surface area contributed by atoms with Crippen molar-refractivity contribution in [2.24, 2.45) is 0 Å². The van der Waals surface area contributed by atoms with E-state index in [0.717, 1.165) is 75.5 Å². The van der Waals surface area contributed by atoms with Crippen molar-refractivity contribution in [3.8, 4) is 39.0 Å². The molecular formula is C26H22N8OS. The number of aromatic amines is 2. The number of fused-ring (bicyclic) bond motifs is 2. The molecule has 3 N–H and O–H groups in total. The Balaban J connectivity index is 1.26. The predicted molar refractivity (Wildman–Crippen MR) is 140 cm³/mol. The zero-order valence-corrected chi connectivity index (χ0v) is 20.0. The molecule has 10 heteroatoms. The van der Waals surface area contributed by atoms with Gasteiger partial charge in [0.25, 0.3) is 0 Å². The molecule has 178 valence electrons. The van der Waals surface area contributed by atoms with Gasteiger partial charge in [-0.1, -0.05) is 6.07 Å². The van der Waals surface area contributed by atoms with E-state index in [4.69, 9.17) is 9.72 Å². The second kappa shape index (κ2) is 8.81. The molecule has 1 aliphatic heterocycles. The van der Waals surface area contributed by atoms with Crippen LogP contribution in [0.2, 0.25) is 0 Å². The van der Waals surface area contributed by atoms with Gasteiger partial charge >= 0.3 is 0 Å². The van der Waals surface area contributed by atoms with Crippen molar-refractivity contribution in [1.82, 2.24) is 40.4 Å². The normalized spacial score (nSPS) is 14.6. The first-order valence-electron chi connectivity index (χ1n) is 11.9. The number of hydrogen-bond donors (Lipinski definition) is 3. The molecule has 0 amide bonds. The Bertz CT molecular complexity index is 1670. The van der Waals surface area contributed by atoms with E-state index in [0.29, 0.717) is 11.5 Å². The molecule has 1 aliphatic rings. The van der Waals surface area contributed by atoms with Gasteiger partial charge in [-0.25, -0.2) is 9.97 Å². The highest BCUT2D eigenvalue weighted by Gasteiger charge is 2.18. The van der Waals surface area contributed by atoms with E-state index in [1.54, 1.807) is 29.9 Å². The molecule has 0 spiro atoms. The second-order valence-electron chi connectivity index (χ2n) is 8.78. The summed E-state index contributed by atoms with van der Waals surface area (Å²) in [5.74, 6) is 1.42. The van der Waals surface area contributed by atoms with E-state index in [-0.39, 0.29) is 6.10 Å². The molecule has 0 aromatic carbocycles. The summed E-state index contributed by atoms with van der Waals surface area (Å²) in [6.07, 6.45) is 9.35. The first-order chi connectivity index (χ1) is 17.8. The van der Waals surface area contributed by atoms with Gasteiger partial charge < -0.3 is 15.0 Å². The fourth-order valence-electron chi connectivity index (χ4n) is 4.64. The highest BCUT2D eigenvalue weighted by atomic mass is 32.1. The Labute approximate surface area is 210 Å². The lowest BCUT2D eigenvalue weighted by Crippen LogP contribution is -2.34. The smallest absolute Gasteiger partial charge is 0.178 e. The quantitative estimate of drug-likeness (QED) is 0.315. The van der Waals surface area contributed by atoms with Crippen LogP contribution < -0.4 is 10.1 Å². The van der Waals surface area contributed by atoms with Crippen molar-refractivity contribution < 1.29 is 4.74 Å². The molecule has 0 unspecified atom stereocenters. The van der Waals surface area contributed by atoms with E-state index >= 15 is 0 Å². The van der Waals surface area contributed by atoms with Crippen LogP contribution >= 0.6 is 11.3 Å². The summed E-state index contributed by atoms with van der Waals surface area (Å²) >= 11 is 1.69. The van der Waals surface area contributed by atoms with Gasteiger partial charge in [0.05, 0.1) is 29.1 Å². The average Bonchev–Trinajstić information content (AvgIpc) is 3.68. The molecule has 9 nitrogen and oxygen atoms in total. The average molecular weight is 495 g/mol. The standard InChI is InChI=1S/C26H22N8OS/c1-2-22(36-9-1)18-5-8-29-25-23(18)31-26(32-25)24-19-11-20(30-14-21(19)33-34-24)15-10-17(13-28-12-15)35-16-3-6-27-7-4-16/h1-2,5,8-14,16,27H,3-4,6-7H2,(H,33,34)(H,29,31,32). The predicted octanol–water partition coefficient (Wildman–Crippen LogP) is 4.82.